The van der Waals surface area contributed by atoms with Crippen molar-refractivity contribution in [3.05, 3.63) is 29.8 Å². The van der Waals surface area contributed by atoms with E-state index >= 15 is 0 Å². The molecule has 1 N–H and O–H groups in total. The van der Waals surface area contributed by atoms with Gasteiger partial charge in [0.2, 0.25) is 0 Å². The fourth-order valence-corrected chi connectivity index (χ4v) is 3.14. The lowest BCUT2D eigenvalue weighted by Gasteiger charge is -2.46. The van der Waals surface area contributed by atoms with E-state index in [0.717, 1.165) is 30.8 Å². The van der Waals surface area contributed by atoms with Crippen molar-refractivity contribution in [3.63, 3.8) is 0 Å². The molecule has 0 spiro atoms. The Labute approximate surface area is 122 Å². The van der Waals surface area contributed by atoms with Crippen LogP contribution in [0.15, 0.2) is 24.3 Å². The Bertz CT molecular complexity index is 412. The molecule has 0 saturated carbocycles. The lowest BCUT2D eigenvalue weighted by atomic mass is 9.84. The number of nitrogens with zero attached hydrogens (tertiary/aromatic N) is 1. The number of hydrogen-bond acceptors (Lipinski definition) is 3. The number of methoxy groups -OCH3 is 1. The van der Waals surface area contributed by atoms with Crippen molar-refractivity contribution >= 4 is 0 Å². The Kier molecular flexibility index (Phi) is 5.06. The molecule has 112 valence electrons. The lowest BCUT2D eigenvalue weighted by Crippen LogP contribution is -2.52. The molecule has 1 saturated heterocycles. The second-order valence-electron chi connectivity index (χ2n) is 5.93. The van der Waals surface area contributed by atoms with E-state index in [0.29, 0.717) is 0 Å². The second-order valence-corrected chi connectivity index (χ2v) is 5.93. The van der Waals surface area contributed by atoms with Gasteiger partial charge in [-0.1, -0.05) is 25.5 Å². The van der Waals surface area contributed by atoms with Gasteiger partial charge in [-0.05, 0) is 57.0 Å². The molecule has 2 atom stereocenters. The largest absolute Gasteiger partial charge is 0.497 e. The number of hydrogen-bond donors (Lipinski definition) is 1. The maximum atomic E-state index is 10.9. The minimum atomic E-state index is -0.462. The van der Waals surface area contributed by atoms with Crippen molar-refractivity contribution in [1.29, 1.82) is 0 Å². The molecule has 3 heteroatoms. The molecule has 1 fully saturated rings. The van der Waals surface area contributed by atoms with Gasteiger partial charge in [0.05, 0.1) is 13.2 Å². The van der Waals surface area contributed by atoms with Crippen molar-refractivity contribution < 1.29 is 9.84 Å². The van der Waals surface area contributed by atoms with E-state index in [1.165, 1.54) is 19.3 Å². The van der Waals surface area contributed by atoms with Gasteiger partial charge in [0.25, 0.3) is 0 Å². The molecule has 1 aliphatic heterocycles. The standard InChI is InChI=1S/C17H27NO2/c1-4-17(2,18-12-6-5-7-13-18)16(19)14-8-10-15(20-3)11-9-14/h8-11,16,19H,4-7,12-13H2,1-3H3. The van der Waals surface area contributed by atoms with E-state index < -0.39 is 6.10 Å². The molecule has 0 radical (unpaired) electrons. The highest BCUT2D eigenvalue weighted by atomic mass is 16.5. The highest BCUT2D eigenvalue weighted by Crippen LogP contribution is 2.36. The maximum Gasteiger partial charge on any atom is 0.118 e. The molecule has 0 aromatic heterocycles. The second kappa shape index (κ2) is 6.59. The van der Waals surface area contributed by atoms with Crippen LogP contribution in [-0.2, 0) is 0 Å². The van der Waals surface area contributed by atoms with E-state index in [-0.39, 0.29) is 5.54 Å². The van der Waals surface area contributed by atoms with E-state index in [1.54, 1.807) is 7.11 Å². The van der Waals surface area contributed by atoms with Gasteiger partial charge in [-0.3, -0.25) is 4.90 Å². The quantitative estimate of drug-likeness (QED) is 0.895. The highest BCUT2D eigenvalue weighted by molar-refractivity contribution is 5.30. The molecule has 1 aromatic carbocycles. The third kappa shape index (κ3) is 2.99. The number of benzene rings is 1. The molecule has 0 aliphatic carbocycles. The average Bonchev–Trinajstić information content (AvgIpc) is 2.54. The van der Waals surface area contributed by atoms with E-state index in [9.17, 15) is 5.11 Å². The number of ether oxygens (including phenoxy) is 1. The van der Waals surface area contributed by atoms with Gasteiger partial charge < -0.3 is 9.84 Å². The van der Waals surface area contributed by atoms with Gasteiger partial charge in [0.1, 0.15) is 5.75 Å². The molecular formula is C17H27NO2. The monoisotopic (exact) mass is 277 g/mol. The molecule has 0 bridgehead atoms. The fraction of sp³-hybridized carbons (Fsp3) is 0.647. The van der Waals surface area contributed by atoms with Crippen LogP contribution in [0.4, 0.5) is 0 Å². The SMILES string of the molecule is CCC(C)(C(O)c1ccc(OC)cc1)N1CCCCC1. The number of rotatable bonds is 5. The fourth-order valence-electron chi connectivity index (χ4n) is 3.14. The molecule has 1 aromatic rings. The van der Waals surface area contributed by atoms with Crippen LogP contribution >= 0.6 is 0 Å². The number of likely N-dealkylation sites (tertiary alicyclic amines) is 1. The summed E-state index contributed by atoms with van der Waals surface area (Å²) < 4.78 is 5.19. The van der Waals surface area contributed by atoms with Gasteiger partial charge >= 0.3 is 0 Å². The smallest absolute Gasteiger partial charge is 0.118 e. The van der Waals surface area contributed by atoms with Gasteiger partial charge in [-0.2, -0.15) is 0 Å². The topological polar surface area (TPSA) is 32.7 Å². The summed E-state index contributed by atoms with van der Waals surface area (Å²) in [5, 5.41) is 10.9. The van der Waals surface area contributed by atoms with Gasteiger partial charge in [-0.25, -0.2) is 0 Å². The zero-order valence-electron chi connectivity index (χ0n) is 12.9. The van der Waals surface area contributed by atoms with E-state index in [1.807, 2.05) is 24.3 Å². The lowest BCUT2D eigenvalue weighted by molar-refractivity contribution is -0.0352. The van der Waals surface area contributed by atoms with Crippen LogP contribution in [0.3, 0.4) is 0 Å². The summed E-state index contributed by atoms with van der Waals surface area (Å²) in [6.07, 6.45) is 4.28. The van der Waals surface area contributed by atoms with Crippen molar-refractivity contribution in [3.8, 4) is 5.75 Å². The molecule has 1 aliphatic rings. The molecule has 2 unspecified atom stereocenters. The van der Waals surface area contributed by atoms with Crippen LogP contribution < -0.4 is 4.74 Å². The number of aliphatic hydroxyl groups is 1. The molecule has 3 nitrogen and oxygen atoms in total. The summed E-state index contributed by atoms with van der Waals surface area (Å²) in [6.45, 7) is 6.55. The summed E-state index contributed by atoms with van der Waals surface area (Å²) in [5.74, 6) is 0.831. The zero-order valence-corrected chi connectivity index (χ0v) is 12.9. The molecular weight excluding hydrogens is 250 g/mol. The summed E-state index contributed by atoms with van der Waals surface area (Å²) in [6, 6.07) is 7.79. The van der Waals surface area contributed by atoms with Crippen molar-refractivity contribution in [2.45, 2.75) is 51.2 Å². The van der Waals surface area contributed by atoms with Gasteiger partial charge in [-0.15, -0.1) is 0 Å². The Morgan fingerprint density at radius 2 is 1.80 bits per heavy atom. The molecule has 0 amide bonds. The predicted molar refractivity (Wildman–Crippen MR) is 82.1 cm³/mol. The van der Waals surface area contributed by atoms with Crippen molar-refractivity contribution in [2.24, 2.45) is 0 Å². The van der Waals surface area contributed by atoms with Crippen molar-refractivity contribution in [1.82, 2.24) is 4.90 Å². The minimum absolute atomic E-state index is 0.186. The third-order valence-electron chi connectivity index (χ3n) is 4.81. The minimum Gasteiger partial charge on any atom is -0.497 e. The van der Waals surface area contributed by atoms with Crippen LogP contribution in [-0.4, -0.2) is 35.7 Å². The normalized spacial score (nSPS) is 21.2. The molecule has 20 heavy (non-hydrogen) atoms. The summed E-state index contributed by atoms with van der Waals surface area (Å²) in [7, 11) is 1.66. The first-order valence-corrected chi connectivity index (χ1v) is 7.69. The first kappa shape index (κ1) is 15.3. The number of aliphatic hydroxyl groups excluding tert-OH is 1. The van der Waals surface area contributed by atoms with Gasteiger partial charge in [0, 0.05) is 5.54 Å². The Morgan fingerprint density at radius 1 is 1.20 bits per heavy atom. The first-order valence-electron chi connectivity index (χ1n) is 7.69. The van der Waals surface area contributed by atoms with Crippen LogP contribution in [0.2, 0.25) is 0 Å². The van der Waals surface area contributed by atoms with Gasteiger partial charge in [0.15, 0.2) is 0 Å². The summed E-state index contributed by atoms with van der Waals surface area (Å²) >= 11 is 0. The van der Waals surface area contributed by atoms with Crippen LogP contribution in [0.25, 0.3) is 0 Å². The van der Waals surface area contributed by atoms with Crippen molar-refractivity contribution in [2.75, 3.05) is 20.2 Å². The van der Waals surface area contributed by atoms with E-state index in [2.05, 4.69) is 18.7 Å². The van der Waals surface area contributed by atoms with Crippen LogP contribution in [0.5, 0.6) is 5.75 Å². The summed E-state index contributed by atoms with van der Waals surface area (Å²) in [4.78, 5) is 2.46. The average molecular weight is 277 g/mol. The predicted octanol–water partition coefficient (Wildman–Crippen LogP) is 3.38. The third-order valence-corrected chi connectivity index (χ3v) is 4.81. The summed E-state index contributed by atoms with van der Waals surface area (Å²) in [5.41, 5.74) is 0.787. The first-order chi connectivity index (χ1) is 9.61. The Hall–Kier alpha value is -1.06. The molecule has 1 heterocycles. The number of piperidine rings is 1. The zero-order chi connectivity index (χ0) is 14.6. The van der Waals surface area contributed by atoms with Crippen LogP contribution in [0, 0.1) is 0 Å². The Morgan fingerprint density at radius 3 is 2.30 bits per heavy atom. The van der Waals surface area contributed by atoms with E-state index in [4.69, 9.17) is 4.74 Å². The highest BCUT2D eigenvalue weighted by Gasteiger charge is 2.38. The maximum absolute atomic E-state index is 10.9. The van der Waals surface area contributed by atoms with Crippen LogP contribution in [0.1, 0.15) is 51.2 Å². The Balaban J connectivity index is 2.19. The molecule has 2 rings (SSSR count).